The van der Waals surface area contributed by atoms with E-state index in [4.69, 9.17) is 9.47 Å². The summed E-state index contributed by atoms with van der Waals surface area (Å²) in [6.45, 7) is 5.92. The summed E-state index contributed by atoms with van der Waals surface area (Å²) in [5, 5.41) is 0. The quantitative estimate of drug-likeness (QED) is 0.431. The maximum atomic E-state index is 13.0. The van der Waals surface area contributed by atoms with Crippen LogP contribution in [0.1, 0.15) is 39.0 Å². The third-order valence-corrected chi connectivity index (χ3v) is 7.76. The molecule has 0 aromatic carbocycles. The summed E-state index contributed by atoms with van der Waals surface area (Å²) >= 11 is 0. The van der Waals surface area contributed by atoms with Gasteiger partial charge in [-0.3, -0.25) is 14.4 Å². The molecule has 0 N–H and O–H groups in total. The molecule has 4 aliphatic carbocycles. The molecule has 140 valence electrons. The number of carbonyl (C=O) groups excluding carboxylic acids is 3. The van der Waals surface area contributed by atoms with Crippen molar-refractivity contribution >= 4 is 17.7 Å². The van der Waals surface area contributed by atoms with Gasteiger partial charge in [-0.15, -0.1) is 0 Å². The van der Waals surface area contributed by atoms with Crippen LogP contribution in [0.15, 0.2) is 23.8 Å². The first kappa shape index (κ1) is 17.5. The maximum Gasteiger partial charge on any atom is 0.319 e. The molecule has 4 rings (SSSR count). The van der Waals surface area contributed by atoms with Gasteiger partial charge in [0.05, 0.1) is 20.1 Å². The Hall–Kier alpha value is -1.91. The van der Waals surface area contributed by atoms with Crippen molar-refractivity contribution in [3.8, 4) is 0 Å². The fourth-order valence-corrected chi connectivity index (χ4v) is 6.65. The molecule has 4 aliphatic rings. The predicted octanol–water partition coefficient (Wildman–Crippen LogP) is 2.85. The largest absolute Gasteiger partial charge is 0.469 e. The zero-order valence-electron chi connectivity index (χ0n) is 15.7. The van der Waals surface area contributed by atoms with Gasteiger partial charge in [0, 0.05) is 12.3 Å². The van der Waals surface area contributed by atoms with Crippen LogP contribution in [0.2, 0.25) is 0 Å². The van der Waals surface area contributed by atoms with Crippen LogP contribution in [0.25, 0.3) is 0 Å². The van der Waals surface area contributed by atoms with Crippen molar-refractivity contribution < 1.29 is 23.9 Å². The summed E-state index contributed by atoms with van der Waals surface area (Å²) in [7, 11) is 2.69. The highest BCUT2D eigenvalue weighted by molar-refractivity contribution is 6.06. The van der Waals surface area contributed by atoms with Gasteiger partial charge in [-0.05, 0) is 49.9 Å². The first-order valence-corrected chi connectivity index (χ1v) is 9.38. The Morgan fingerprint density at radius 2 is 1.96 bits per heavy atom. The molecule has 1 spiro atoms. The van der Waals surface area contributed by atoms with Crippen LogP contribution in [0.3, 0.4) is 0 Å². The van der Waals surface area contributed by atoms with Gasteiger partial charge in [0.25, 0.3) is 0 Å². The van der Waals surface area contributed by atoms with E-state index in [0.29, 0.717) is 5.92 Å². The number of hydrogen-bond donors (Lipinski definition) is 0. The Labute approximate surface area is 153 Å². The second kappa shape index (κ2) is 5.54. The topological polar surface area (TPSA) is 69.7 Å². The number of carbonyl (C=O) groups is 3. The van der Waals surface area contributed by atoms with Crippen LogP contribution in [-0.2, 0) is 23.9 Å². The number of methoxy groups -OCH3 is 2. The van der Waals surface area contributed by atoms with E-state index >= 15 is 0 Å². The van der Waals surface area contributed by atoms with Gasteiger partial charge >= 0.3 is 11.9 Å². The van der Waals surface area contributed by atoms with Crippen molar-refractivity contribution in [3.05, 3.63) is 23.8 Å². The van der Waals surface area contributed by atoms with Crippen LogP contribution in [0, 0.1) is 34.5 Å². The lowest BCUT2D eigenvalue weighted by molar-refractivity contribution is -0.166. The standard InChI is InChI=1S/C21H26O5/c1-11-9-21-10-12(11)5-7-14(21)13-6-8-15(22)20(2,19(24)26-4)16(13)17(21)18(23)25-3/h6,12,14,16-17H,1,5,7-10H2,2-4H3/t12-,14?,16?,17-,20-,21+/m1/s1. The molecule has 5 nitrogen and oxygen atoms in total. The maximum absolute atomic E-state index is 13.0. The minimum absolute atomic E-state index is 0.171. The summed E-state index contributed by atoms with van der Waals surface area (Å²) in [6.07, 6.45) is 5.92. The molecule has 3 saturated carbocycles. The van der Waals surface area contributed by atoms with E-state index in [1.165, 1.54) is 19.8 Å². The minimum Gasteiger partial charge on any atom is -0.469 e. The number of allylic oxidation sites excluding steroid dienone is 3. The van der Waals surface area contributed by atoms with Crippen LogP contribution in [0.4, 0.5) is 0 Å². The summed E-state index contributed by atoms with van der Waals surface area (Å²) in [5.41, 5.74) is 0.694. The summed E-state index contributed by atoms with van der Waals surface area (Å²) in [5.74, 6) is -1.37. The molecule has 0 aromatic heterocycles. The molecule has 0 radical (unpaired) electrons. The number of hydrogen-bond acceptors (Lipinski definition) is 5. The molecule has 0 heterocycles. The molecular weight excluding hydrogens is 332 g/mol. The molecule has 2 unspecified atom stereocenters. The normalized spacial score (nSPS) is 43.4. The second-order valence-corrected chi connectivity index (χ2v) is 8.60. The molecule has 2 bridgehead atoms. The van der Waals surface area contributed by atoms with Gasteiger partial charge in [-0.1, -0.05) is 23.8 Å². The number of Topliss-reactive ketones (excluding diaryl/α,β-unsaturated/α-hetero) is 1. The highest BCUT2D eigenvalue weighted by Crippen LogP contribution is 2.72. The third kappa shape index (κ3) is 1.89. The number of fused-ring (bicyclic) bond motifs is 3. The zero-order chi connectivity index (χ0) is 18.9. The van der Waals surface area contributed by atoms with Crippen molar-refractivity contribution in [1.29, 1.82) is 0 Å². The predicted molar refractivity (Wildman–Crippen MR) is 93.8 cm³/mol. The smallest absolute Gasteiger partial charge is 0.319 e. The SMILES string of the molecule is C=C1C[C@]23C[C@H]1CCC2C1=CCC(=O)[C@@](C)(C(=O)OC)C1[C@@H]3C(=O)OC. The Bertz CT molecular complexity index is 750. The molecule has 0 aliphatic heterocycles. The minimum atomic E-state index is -1.33. The first-order chi connectivity index (χ1) is 12.3. The van der Waals surface area contributed by atoms with Crippen molar-refractivity contribution in [2.24, 2.45) is 34.5 Å². The van der Waals surface area contributed by atoms with Gasteiger partial charge in [0.15, 0.2) is 5.78 Å². The van der Waals surface area contributed by atoms with Gasteiger partial charge in [-0.25, -0.2) is 0 Å². The number of esters is 2. The van der Waals surface area contributed by atoms with E-state index in [2.05, 4.69) is 6.58 Å². The van der Waals surface area contributed by atoms with Crippen LogP contribution in [-0.4, -0.2) is 31.9 Å². The van der Waals surface area contributed by atoms with Gasteiger partial charge in [0.1, 0.15) is 5.41 Å². The lowest BCUT2D eigenvalue weighted by Crippen LogP contribution is -2.50. The Kier molecular flexibility index (Phi) is 3.73. The van der Waals surface area contributed by atoms with Crippen LogP contribution < -0.4 is 0 Å². The van der Waals surface area contributed by atoms with Gasteiger partial charge in [-0.2, -0.15) is 0 Å². The highest BCUT2D eigenvalue weighted by atomic mass is 16.5. The van der Waals surface area contributed by atoms with Crippen molar-refractivity contribution in [2.75, 3.05) is 14.2 Å². The van der Waals surface area contributed by atoms with E-state index in [-0.39, 0.29) is 29.5 Å². The van der Waals surface area contributed by atoms with E-state index in [1.807, 2.05) is 6.08 Å². The molecule has 0 saturated heterocycles. The van der Waals surface area contributed by atoms with Gasteiger partial charge in [0.2, 0.25) is 0 Å². The Morgan fingerprint density at radius 1 is 1.23 bits per heavy atom. The molecule has 26 heavy (non-hydrogen) atoms. The average molecular weight is 358 g/mol. The molecule has 0 aromatic rings. The van der Waals surface area contributed by atoms with E-state index in [9.17, 15) is 14.4 Å². The van der Waals surface area contributed by atoms with Gasteiger partial charge < -0.3 is 9.47 Å². The molecule has 0 amide bonds. The van der Waals surface area contributed by atoms with Crippen molar-refractivity contribution in [1.82, 2.24) is 0 Å². The van der Waals surface area contributed by atoms with E-state index in [0.717, 1.165) is 31.3 Å². The van der Waals surface area contributed by atoms with Crippen LogP contribution in [0.5, 0.6) is 0 Å². The third-order valence-electron chi connectivity index (χ3n) is 7.76. The number of rotatable bonds is 2. The summed E-state index contributed by atoms with van der Waals surface area (Å²) < 4.78 is 10.2. The van der Waals surface area contributed by atoms with E-state index < -0.39 is 23.2 Å². The lowest BCUT2D eigenvalue weighted by atomic mass is 9.61. The Morgan fingerprint density at radius 3 is 2.62 bits per heavy atom. The molecular formula is C21H26O5. The monoisotopic (exact) mass is 358 g/mol. The fourth-order valence-electron chi connectivity index (χ4n) is 6.65. The molecule has 5 heteroatoms. The summed E-state index contributed by atoms with van der Waals surface area (Å²) in [6, 6.07) is 0. The van der Waals surface area contributed by atoms with Crippen LogP contribution >= 0.6 is 0 Å². The van der Waals surface area contributed by atoms with Crippen molar-refractivity contribution in [2.45, 2.75) is 39.0 Å². The first-order valence-electron chi connectivity index (χ1n) is 9.38. The van der Waals surface area contributed by atoms with E-state index in [1.54, 1.807) is 6.92 Å². The van der Waals surface area contributed by atoms with Crippen molar-refractivity contribution in [3.63, 3.8) is 0 Å². The fraction of sp³-hybridized carbons (Fsp3) is 0.667. The highest BCUT2D eigenvalue weighted by Gasteiger charge is 2.71. The zero-order valence-corrected chi connectivity index (χ0v) is 15.7. The lowest BCUT2D eigenvalue weighted by Gasteiger charge is -2.40. The summed E-state index contributed by atoms with van der Waals surface area (Å²) in [4.78, 5) is 38.6. The number of ether oxygens (including phenoxy) is 2. The second-order valence-electron chi connectivity index (χ2n) is 8.60. The number of ketones is 1. The molecule has 6 atom stereocenters. The average Bonchev–Trinajstić information content (AvgIpc) is 3.07. The Balaban J connectivity index is 1.93. The molecule has 3 fully saturated rings.